The standard InChI is InChI=1S/C19H30N6O2/c1-5-15(6-2)16(24-7-9-27-10-8-24)12-20-18(26)17-22-19-21-13(3)11-14(4)25(19)23-17/h11,15-16H,5-10,12H2,1-4H3,(H,20,26). The first-order chi connectivity index (χ1) is 13.0. The molecule has 3 heterocycles. The SMILES string of the molecule is CCC(CC)C(CNC(=O)c1nc2nc(C)cc(C)n2n1)N1CCOCC1. The number of fused-ring (bicyclic) bond motifs is 1. The average Bonchev–Trinajstić information content (AvgIpc) is 3.10. The number of rotatable bonds is 7. The highest BCUT2D eigenvalue weighted by Gasteiger charge is 2.28. The van der Waals surface area contributed by atoms with E-state index in [0.717, 1.165) is 50.5 Å². The van der Waals surface area contributed by atoms with Gasteiger partial charge in [0.2, 0.25) is 5.82 Å². The summed E-state index contributed by atoms with van der Waals surface area (Å²) >= 11 is 0. The molecule has 8 heteroatoms. The van der Waals surface area contributed by atoms with Crippen molar-refractivity contribution in [2.75, 3.05) is 32.8 Å². The molecular formula is C19H30N6O2. The summed E-state index contributed by atoms with van der Waals surface area (Å²) in [6, 6.07) is 2.22. The lowest BCUT2D eigenvalue weighted by molar-refractivity contribution is 0.00188. The lowest BCUT2D eigenvalue weighted by atomic mass is 9.92. The molecule has 0 spiro atoms. The molecule has 8 nitrogen and oxygen atoms in total. The number of carbonyl (C=O) groups excluding carboxylic acids is 1. The summed E-state index contributed by atoms with van der Waals surface area (Å²) in [6.07, 6.45) is 2.17. The molecule has 0 bridgehead atoms. The van der Waals surface area contributed by atoms with Gasteiger partial charge in [0.25, 0.3) is 11.7 Å². The van der Waals surface area contributed by atoms with E-state index in [1.165, 1.54) is 0 Å². The summed E-state index contributed by atoms with van der Waals surface area (Å²) in [6.45, 7) is 12.2. The van der Waals surface area contributed by atoms with Gasteiger partial charge < -0.3 is 10.1 Å². The number of nitrogens with one attached hydrogen (secondary N) is 1. The monoisotopic (exact) mass is 374 g/mol. The fourth-order valence-corrected chi connectivity index (χ4v) is 3.87. The number of ether oxygens (including phenoxy) is 1. The van der Waals surface area contributed by atoms with E-state index in [-0.39, 0.29) is 11.7 Å². The van der Waals surface area contributed by atoms with Crippen LogP contribution in [0.15, 0.2) is 6.07 Å². The van der Waals surface area contributed by atoms with Crippen LogP contribution in [-0.2, 0) is 4.74 Å². The smallest absolute Gasteiger partial charge is 0.291 e. The Morgan fingerprint density at radius 3 is 2.59 bits per heavy atom. The minimum Gasteiger partial charge on any atom is -0.379 e. The van der Waals surface area contributed by atoms with Crippen molar-refractivity contribution in [1.82, 2.24) is 29.8 Å². The van der Waals surface area contributed by atoms with Crippen LogP contribution in [0.3, 0.4) is 0 Å². The minimum absolute atomic E-state index is 0.168. The minimum atomic E-state index is -0.248. The van der Waals surface area contributed by atoms with E-state index in [1.807, 2.05) is 19.9 Å². The Morgan fingerprint density at radius 2 is 1.93 bits per heavy atom. The van der Waals surface area contributed by atoms with Gasteiger partial charge in [-0.3, -0.25) is 9.69 Å². The molecule has 3 rings (SSSR count). The molecule has 0 saturated carbocycles. The van der Waals surface area contributed by atoms with Crippen molar-refractivity contribution in [2.45, 2.75) is 46.6 Å². The number of morpholine rings is 1. The summed E-state index contributed by atoms with van der Waals surface area (Å²) in [7, 11) is 0. The van der Waals surface area contributed by atoms with Crippen LogP contribution in [0.25, 0.3) is 5.78 Å². The first-order valence-electron chi connectivity index (χ1n) is 9.84. The number of hydrogen-bond donors (Lipinski definition) is 1. The van der Waals surface area contributed by atoms with Gasteiger partial charge in [-0.05, 0) is 25.8 Å². The van der Waals surface area contributed by atoms with Crippen molar-refractivity contribution in [3.63, 3.8) is 0 Å². The zero-order chi connectivity index (χ0) is 19.4. The maximum atomic E-state index is 12.7. The third-order valence-electron chi connectivity index (χ3n) is 5.40. The van der Waals surface area contributed by atoms with Crippen LogP contribution in [-0.4, -0.2) is 69.3 Å². The molecule has 1 N–H and O–H groups in total. The van der Waals surface area contributed by atoms with E-state index in [0.29, 0.717) is 24.3 Å². The molecule has 27 heavy (non-hydrogen) atoms. The third-order valence-corrected chi connectivity index (χ3v) is 5.40. The zero-order valence-electron chi connectivity index (χ0n) is 16.7. The van der Waals surface area contributed by atoms with Gasteiger partial charge >= 0.3 is 0 Å². The van der Waals surface area contributed by atoms with Crippen LogP contribution < -0.4 is 5.32 Å². The molecule has 1 atom stereocenters. The molecule has 1 aliphatic heterocycles. The Bertz CT molecular complexity index is 780. The molecule has 1 unspecified atom stereocenters. The van der Waals surface area contributed by atoms with Crippen LogP contribution in [0.1, 0.15) is 48.7 Å². The van der Waals surface area contributed by atoms with Crippen LogP contribution in [0.5, 0.6) is 0 Å². The van der Waals surface area contributed by atoms with Gasteiger partial charge in [0.1, 0.15) is 0 Å². The highest BCUT2D eigenvalue weighted by atomic mass is 16.5. The molecular weight excluding hydrogens is 344 g/mol. The summed E-state index contributed by atoms with van der Waals surface area (Å²) in [5.74, 6) is 0.912. The summed E-state index contributed by atoms with van der Waals surface area (Å²) in [5, 5.41) is 7.38. The van der Waals surface area contributed by atoms with Gasteiger partial charge in [-0.25, -0.2) is 9.50 Å². The van der Waals surface area contributed by atoms with Crippen LogP contribution >= 0.6 is 0 Å². The van der Waals surface area contributed by atoms with Crippen LogP contribution in [0.2, 0.25) is 0 Å². The molecule has 0 radical (unpaired) electrons. The van der Waals surface area contributed by atoms with E-state index in [9.17, 15) is 4.79 Å². The van der Waals surface area contributed by atoms with Crippen molar-refractivity contribution in [3.8, 4) is 0 Å². The number of hydrogen-bond acceptors (Lipinski definition) is 6. The topological polar surface area (TPSA) is 84.7 Å². The second kappa shape index (κ2) is 8.75. The molecule has 1 amide bonds. The highest BCUT2D eigenvalue weighted by Crippen LogP contribution is 2.19. The van der Waals surface area contributed by atoms with Crippen LogP contribution in [0.4, 0.5) is 0 Å². The zero-order valence-corrected chi connectivity index (χ0v) is 16.7. The highest BCUT2D eigenvalue weighted by molar-refractivity contribution is 5.90. The fraction of sp³-hybridized carbons (Fsp3) is 0.684. The van der Waals surface area contributed by atoms with Gasteiger partial charge in [-0.1, -0.05) is 26.7 Å². The van der Waals surface area contributed by atoms with Crippen molar-refractivity contribution in [3.05, 3.63) is 23.3 Å². The van der Waals surface area contributed by atoms with Gasteiger partial charge in [0.05, 0.1) is 13.2 Å². The van der Waals surface area contributed by atoms with Gasteiger partial charge in [0, 0.05) is 37.1 Å². The van der Waals surface area contributed by atoms with Crippen molar-refractivity contribution >= 4 is 11.7 Å². The number of carbonyl (C=O) groups is 1. The van der Waals surface area contributed by atoms with Crippen molar-refractivity contribution in [2.24, 2.45) is 5.92 Å². The average molecular weight is 374 g/mol. The molecule has 148 valence electrons. The largest absolute Gasteiger partial charge is 0.379 e. The fourth-order valence-electron chi connectivity index (χ4n) is 3.87. The quantitative estimate of drug-likeness (QED) is 0.793. The number of aromatic nitrogens is 4. The molecule has 0 aromatic carbocycles. The Labute approximate surface area is 160 Å². The molecule has 1 saturated heterocycles. The Hall–Kier alpha value is -2.06. The second-order valence-electron chi connectivity index (χ2n) is 7.19. The molecule has 0 aliphatic carbocycles. The van der Waals surface area contributed by atoms with E-state index in [1.54, 1.807) is 4.52 Å². The van der Waals surface area contributed by atoms with Crippen LogP contribution in [0, 0.1) is 19.8 Å². The summed E-state index contributed by atoms with van der Waals surface area (Å²) in [4.78, 5) is 23.8. The van der Waals surface area contributed by atoms with E-state index in [4.69, 9.17) is 4.74 Å². The molecule has 2 aromatic rings. The number of aryl methyl sites for hydroxylation is 2. The maximum absolute atomic E-state index is 12.7. The van der Waals surface area contributed by atoms with Gasteiger partial charge in [0.15, 0.2) is 0 Å². The van der Waals surface area contributed by atoms with Crippen molar-refractivity contribution < 1.29 is 9.53 Å². The first-order valence-corrected chi connectivity index (χ1v) is 9.84. The Kier molecular flexibility index (Phi) is 6.38. The summed E-state index contributed by atoms with van der Waals surface area (Å²) in [5.41, 5.74) is 1.77. The van der Waals surface area contributed by atoms with Gasteiger partial charge in [-0.15, -0.1) is 5.10 Å². The normalized spacial score (nSPS) is 16.8. The summed E-state index contributed by atoms with van der Waals surface area (Å²) < 4.78 is 7.10. The predicted octanol–water partition coefficient (Wildman–Crippen LogP) is 1.61. The number of nitrogens with zero attached hydrogens (tertiary/aromatic N) is 5. The van der Waals surface area contributed by atoms with E-state index in [2.05, 4.69) is 39.1 Å². The third kappa shape index (κ3) is 4.44. The van der Waals surface area contributed by atoms with Crippen molar-refractivity contribution in [1.29, 1.82) is 0 Å². The van der Waals surface area contributed by atoms with E-state index < -0.39 is 0 Å². The Balaban J connectivity index is 1.72. The van der Waals surface area contributed by atoms with Gasteiger partial charge in [-0.2, -0.15) is 4.98 Å². The second-order valence-corrected chi connectivity index (χ2v) is 7.19. The van der Waals surface area contributed by atoms with E-state index >= 15 is 0 Å². The first kappa shape index (κ1) is 19.7. The molecule has 1 fully saturated rings. The lowest BCUT2D eigenvalue weighted by Gasteiger charge is -2.38. The number of amides is 1. The Morgan fingerprint density at radius 1 is 1.22 bits per heavy atom. The predicted molar refractivity (Wildman–Crippen MR) is 103 cm³/mol. The maximum Gasteiger partial charge on any atom is 0.291 e. The molecule has 2 aromatic heterocycles. The lowest BCUT2D eigenvalue weighted by Crippen LogP contribution is -2.52. The molecule has 1 aliphatic rings.